The van der Waals surface area contributed by atoms with Crippen molar-refractivity contribution in [2.24, 2.45) is 5.73 Å². The van der Waals surface area contributed by atoms with Crippen molar-refractivity contribution in [1.82, 2.24) is 0 Å². The smallest absolute Gasteiger partial charge is 0.306 e. The largest absolute Gasteiger partial charge is 0.461 e. The minimum atomic E-state index is -0.513. The number of esters is 1. The molecule has 1 aromatic heterocycles. The lowest BCUT2D eigenvalue weighted by molar-refractivity contribution is -0.144. The van der Waals surface area contributed by atoms with Crippen molar-refractivity contribution in [3.8, 4) is 0 Å². The number of nitrogens with two attached hydrogens (primary N) is 1. The average Bonchev–Trinajstić information content (AvgIpc) is 2.97. The third-order valence-electron chi connectivity index (χ3n) is 3.04. The molecule has 2 aromatic rings. The quantitative estimate of drug-likeness (QED) is 0.613. The Bertz CT molecular complexity index is 724. The monoisotopic (exact) mass is 351 g/mol. The summed E-state index contributed by atoms with van der Waals surface area (Å²) in [5, 5.41) is 0. The number of ketones is 1. The van der Waals surface area contributed by atoms with Crippen molar-refractivity contribution < 1.29 is 19.1 Å². The van der Waals surface area contributed by atoms with Crippen LogP contribution in [0.25, 0.3) is 0 Å². The third-order valence-corrected chi connectivity index (χ3v) is 4.31. The first-order valence-corrected chi connectivity index (χ1v) is 7.98. The van der Waals surface area contributed by atoms with Gasteiger partial charge < -0.3 is 10.5 Å². The highest BCUT2D eigenvalue weighted by Gasteiger charge is 2.12. The molecule has 0 radical (unpaired) electrons. The summed E-state index contributed by atoms with van der Waals surface area (Å²) < 4.78 is 5.63. The molecule has 7 heteroatoms. The minimum absolute atomic E-state index is 0.00766. The molecule has 0 aliphatic rings. The molecule has 0 bridgehead atoms. The van der Waals surface area contributed by atoms with Gasteiger partial charge in [0, 0.05) is 12.0 Å². The highest BCUT2D eigenvalue weighted by Crippen LogP contribution is 2.23. The van der Waals surface area contributed by atoms with Crippen molar-refractivity contribution >= 4 is 40.6 Å². The van der Waals surface area contributed by atoms with Gasteiger partial charge in [0.15, 0.2) is 5.78 Å². The van der Waals surface area contributed by atoms with Crippen molar-refractivity contribution in [3.63, 3.8) is 0 Å². The molecule has 23 heavy (non-hydrogen) atoms. The molecule has 1 heterocycles. The SMILES string of the molecule is NC(=O)c1ccc(COC(=O)CCC(=O)c2ccc(Cl)s2)cc1. The Morgan fingerprint density at radius 2 is 1.74 bits per heavy atom. The van der Waals surface area contributed by atoms with Crippen LogP contribution in [0, 0.1) is 0 Å². The van der Waals surface area contributed by atoms with Gasteiger partial charge in [0.05, 0.1) is 15.6 Å². The second kappa shape index (κ2) is 7.89. The van der Waals surface area contributed by atoms with Crippen LogP contribution in [0.4, 0.5) is 0 Å². The van der Waals surface area contributed by atoms with Gasteiger partial charge in [-0.15, -0.1) is 11.3 Å². The molecule has 0 fully saturated rings. The van der Waals surface area contributed by atoms with E-state index in [0.29, 0.717) is 14.8 Å². The van der Waals surface area contributed by atoms with E-state index in [1.807, 2.05) is 0 Å². The zero-order valence-electron chi connectivity index (χ0n) is 12.1. The van der Waals surface area contributed by atoms with Gasteiger partial charge in [0.1, 0.15) is 6.61 Å². The molecule has 2 N–H and O–H groups in total. The first-order chi connectivity index (χ1) is 11.0. The van der Waals surface area contributed by atoms with Gasteiger partial charge in [-0.2, -0.15) is 0 Å². The molecule has 0 spiro atoms. The molecular formula is C16H14ClNO4S. The van der Waals surface area contributed by atoms with Crippen LogP contribution in [0.3, 0.4) is 0 Å². The minimum Gasteiger partial charge on any atom is -0.461 e. The Labute approximate surface area is 142 Å². The number of hydrogen-bond acceptors (Lipinski definition) is 5. The van der Waals surface area contributed by atoms with Crippen molar-refractivity contribution in [3.05, 3.63) is 56.7 Å². The van der Waals surface area contributed by atoms with Crippen LogP contribution in [0.2, 0.25) is 4.34 Å². The zero-order chi connectivity index (χ0) is 16.8. The van der Waals surface area contributed by atoms with E-state index in [-0.39, 0.29) is 25.2 Å². The summed E-state index contributed by atoms with van der Waals surface area (Å²) in [6, 6.07) is 9.73. The van der Waals surface area contributed by atoms with E-state index in [0.717, 1.165) is 5.56 Å². The van der Waals surface area contributed by atoms with Crippen LogP contribution in [0.5, 0.6) is 0 Å². The fourth-order valence-corrected chi connectivity index (χ4v) is 2.81. The molecule has 0 saturated carbocycles. The topological polar surface area (TPSA) is 86.5 Å². The number of carbonyl (C=O) groups is 3. The Morgan fingerprint density at radius 1 is 1.04 bits per heavy atom. The standard InChI is InChI=1S/C16H14ClNO4S/c17-14-7-6-13(23-14)12(19)5-8-15(20)22-9-10-1-3-11(4-2-10)16(18)21/h1-4,6-7H,5,8-9H2,(H2,18,21). The number of hydrogen-bond donors (Lipinski definition) is 1. The zero-order valence-corrected chi connectivity index (χ0v) is 13.7. The van der Waals surface area contributed by atoms with Crippen molar-refractivity contribution in [2.75, 3.05) is 0 Å². The second-order valence-corrected chi connectivity index (χ2v) is 6.46. The van der Waals surface area contributed by atoms with Gasteiger partial charge in [0.2, 0.25) is 5.91 Å². The van der Waals surface area contributed by atoms with Crippen LogP contribution < -0.4 is 5.73 Å². The number of rotatable bonds is 7. The van der Waals surface area contributed by atoms with Crippen LogP contribution in [-0.2, 0) is 16.1 Å². The van der Waals surface area contributed by atoms with E-state index in [1.165, 1.54) is 11.3 Å². The highest BCUT2D eigenvalue weighted by molar-refractivity contribution is 7.18. The Hall–Kier alpha value is -2.18. The molecule has 0 unspecified atom stereocenters. The highest BCUT2D eigenvalue weighted by atomic mass is 35.5. The molecule has 1 aromatic carbocycles. The van der Waals surface area contributed by atoms with Gasteiger partial charge in [-0.1, -0.05) is 23.7 Å². The van der Waals surface area contributed by atoms with Crippen LogP contribution in [-0.4, -0.2) is 17.7 Å². The maximum absolute atomic E-state index is 11.8. The summed E-state index contributed by atoms with van der Waals surface area (Å²) >= 11 is 6.95. The van der Waals surface area contributed by atoms with Gasteiger partial charge in [-0.3, -0.25) is 14.4 Å². The predicted octanol–water partition coefficient (Wildman–Crippen LogP) is 3.21. The van der Waals surface area contributed by atoms with E-state index in [1.54, 1.807) is 36.4 Å². The number of amides is 1. The molecule has 120 valence electrons. The summed E-state index contributed by atoms with van der Waals surface area (Å²) in [7, 11) is 0. The average molecular weight is 352 g/mol. The first kappa shape index (κ1) is 17.2. The summed E-state index contributed by atoms with van der Waals surface area (Å²) in [5.74, 6) is -1.11. The molecular weight excluding hydrogens is 338 g/mol. The maximum atomic E-state index is 11.8. The fraction of sp³-hybridized carbons (Fsp3) is 0.188. The molecule has 2 rings (SSSR count). The number of carbonyl (C=O) groups excluding carboxylic acids is 3. The van der Waals surface area contributed by atoms with E-state index >= 15 is 0 Å². The van der Waals surface area contributed by atoms with E-state index < -0.39 is 11.9 Å². The lowest BCUT2D eigenvalue weighted by Gasteiger charge is -2.05. The lowest BCUT2D eigenvalue weighted by Crippen LogP contribution is -2.11. The maximum Gasteiger partial charge on any atom is 0.306 e. The van der Waals surface area contributed by atoms with Gasteiger partial charge in [0.25, 0.3) is 0 Å². The molecule has 1 amide bonds. The normalized spacial score (nSPS) is 10.3. The number of primary amides is 1. The lowest BCUT2D eigenvalue weighted by atomic mass is 10.1. The Balaban J connectivity index is 1.76. The number of thiophene rings is 1. The molecule has 0 aliphatic heterocycles. The summed E-state index contributed by atoms with van der Waals surface area (Å²) in [5.41, 5.74) is 6.26. The number of benzene rings is 1. The third kappa shape index (κ3) is 5.19. The van der Waals surface area contributed by atoms with E-state index in [4.69, 9.17) is 22.1 Å². The van der Waals surface area contributed by atoms with Gasteiger partial charge >= 0.3 is 5.97 Å². The number of halogens is 1. The summed E-state index contributed by atoms with van der Waals surface area (Å²) in [6.07, 6.45) is 0.0873. The first-order valence-electron chi connectivity index (χ1n) is 6.78. The van der Waals surface area contributed by atoms with Crippen LogP contribution in [0.1, 0.15) is 38.4 Å². The summed E-state index contributed by atoms with van der Waals surface area (Å²) in [4.78, 5) is 35.0. The fourth-order valence-electron chi connectivity index (χ4n) is 1.80. The van der Waals surface area contributed by atoms with Crippen molar-refractivity contribution in [1.29, 1.82) is 0 Å². The number of ether oxygens (including phenoxy) is 1. The predicted molar refractivity (Wildman–Crippen MR) is 87.6 cm³/mol. The Morgan fingerprint density at radius 3 is 2.30 bits per heavy atom. The van der Waals surface area contributed by atoms with E-state index in [9.17, 15) is 14.4 Å². The van der Waals surface area contributed by atoms with Crippen LogP contribution >= 0.6 is 22.9 Å². The molecule has 0 atom stereocenters. The Kier molecular flexibility index (Phi) is 5.90. The van der Waals surface area contributed by atoms with Gasteiger partial charge in [-0.05, 0) is 29.8 Å². The molecule has 0 saturated heterocycles. The van der Waals surface area contributed by atoms with E-state index in [2.05, 4.69) is 0 Å². The van der Waals surface area contributed by atoms with Gasteiger partial charge in [-0.25, -0.2) is 0 Å². The van der Waals surface area contributed by atoms with Crippen LogP contribution in [0.15, 0.2) is 36.4 Å². The number of Topliss-reactive ketones (excluding diaryl/α,β-unsaturated/α-hetero) is 1. The molecule has 0 aliphatic carbocycles. The second-order valence-electron chi connectivity index (χ2n) is 4.75. The molecule has 5 nitrogen and oxygen atoms in total. The summed E-state index contributed by atoms with van der Waals surface area (Å²) in [6.45, 7) is 0.0803. The van der Waals surface area contributed by atoms with Crippen molar-refractivity contribution in [2.45, 2.75) is 19.4 Å².